The van der Waals surface area contributed by atoms with Crippen molar-refractivity contribution in [2.75, 3.05) is 19.8 Å². The first-order chi connectivity index (χ1) is 9.67. The van der Waals surface area contributed by atoms with Crippen LogP contribution >= 0.6 is 15.9 Å². The molecule has 1 aliphatic rings. The van der Waals surface area contributed by atoms with Crippen molar-refractivity contribution in [2.45, 2.75) is 32.8 Å². The van der Waals surface area contributed by atoms with Crippen molar-refractivity contribution in [2.24, 2.45) is 0 Å². The Morgan fingerprint density at radius 3 is 2.50 bits per heavy atom. The van der Waals surface area contributed by atoms with Crippen LogP contribution in [0.3, 0.4) is 0 Å². The van der Waals surface area contributed by atoms with Crippen molar-refractivity contribution in [3.8, 4) is 11.5 Å². The Morgan fingerprint density at radius 2 is 1.95 bits per heavy atom. The molecule has 1 aliphatic heterocycles. The summed E-state index contributed by atoms with van der Waals surface area (Å²) in [6.07, 6.45) is 1.38. The van der Waals surface area contributed by atoms with Gasteiger partial charge in [0.25, 0.3) is 0 Å². The first kappa shape index (κ1) is 15.3. The maximum Gasteiger partial charge on any atom is 0.192 e. The summed E-state index contributed by atoms with van der Waals surface area (Å²) in [7, 11) is 0. The zero-order valence-electron chi connectivity index (χ0n) is 11.8. The van der Waals surface area contributed by atoms with E-state index in [9.17, 15) is 4.79 Å². The molecule has 1 aromatic carbocycles. The average Bonchev–Trinajstić information content (AvgIpc) is 2.95. The number of ether oxygens (including phenoxy) is 3. The van der Waals surface area contributed by atoms with Crippen LogP contribution < -0.4 is 9.47 Å². The lowest BCUT2D eigenvalue weighted by Crippen LogP contribution is -2.20. The molecule has 0 radical (unpaired) electrons. The van der Waals surface area contributed by atoms with Crippen LogP contribution in [0, 0.1) is 0 Å². The molecule has 1 unspecified atom stereocenters. The van der Waals surface area contributed by atoms with E-state index in [4.69, 9.17) is 14.2 Å². The number of ketones is 1. The fourth-order valence-corrected chi connectivity index (χ4v) is 2.74. The monoisotopic (exact) mass is 342 g/mol. The Balaban J connectivity index is 2.32. The predicted molar refractivity (Wildman–Crippen MR) is 79.8 cm³/mol. The third-order valence-electron chi connectivity index (χ3n) is 3.12. The SMILES string of the molecule is CCOc1cc(Br)c(C(=O)C2CCCO2)cc1OCC. The van der Waals surface area contributed by atoms with E-state index in [1.54, 1.807) is 12.1 Å². The van der Waals surface area contributed by atoms with Gasteiger partial charge in [0.1, 0.15) is 6.10 Å². The topological polar surface area (TPSA) is 44.8 Å². The molecule has 1 heterocycles. The molecule has 5 heteroatoms. The Kier molecular flexibility index (Phi) is 5.43. The minimum atomic E-state index is -0.335. The maximum atomic E-state index is 12.4. The van der Waals surface area contributed by atoms with E-state index in [-0.39, 0.29) is 11.9 Å². The van der Waals surface area contributed by atoms with Crippen LogP contribution in [0.4, 0.5) is 0 Å². The van der Waals surface area contributed by atoms with Crippen molar-refractivity contribution in [1.29, 1.82) is 0 Å². The Bertz CT molecular complexity index is 481. The fraction of sp³-hybridized carbons (Fsp3) is 0.533. The normalized spacial score (nSPS) is 18.1. The number of carbonyl (C=O) groups excluding carboxylic acids is 1. The van der Waals surface area contributed by atoms with Gasteiger partial charge in [-0.1, -0.05) is 0 Å². The third kappa shape index (κ3) is 3.33. The molecule has 0 saturated carbocycles. The molecule has 0 amide bonds. The van der Waals surface area contributed by atoms with Crippen molar-refractivity contribution in [3.05, 3.63) is 22.2 Å². The van der Waals surface area contributed by atoms with Crippen molar-refractivity contribution in [1.82, 2.24) is 0 Å². The Hall–Kier alpha value is -1.07. The summed E-state index contributed by atoms with van der Waals surface area (Å²) in [6, 6.07) is 3.53. The van der Waals surface area contributed by atoms with Gasteiger partial charge in [-0.05, 0) is 54.8 Å². The molecular weight excluding hydrogens is 324 g/mol. The Labute approximate surface area is 127 Å². The summed E-state index contributed by atoms with van der Waals surface area (Å²) in [5.74, 6) is 1.24. The average molecular weight is 343 g/mol. The van der Waals surface area contributed by atoms with Crippen LogP contribution in [0.5, 0.6) is 11.5 Å². The molecule has 1 aromatic rings. The summed E-state index contributed by atoms with van der Waals surface area (Å²) >= 11 is 3.44. The van der Waals surface area contributed by atoms with Gasteiger partial charge in [0, 0.05) is 16.6 Å². The quantitative estimate of drug-likeness (QED) is 0.741. The van der Waals surface area contributed by atoms with Gasteiger partial charge in [0.15, 0.2) is 17.3 Å². The molecule has 0 bridgehead atoms. The Morgan fingerprint density at radius 1 is 1.30 bits per heavy atom. The van der Waals surface area contributed by atoms with Gasteiger partial charge in [-0.15, -0.1) is 0 Å². The molecule has 0 aromatic heterocycles. The van der Waals surface area contributed by atoms with Gasteiger partial charge in [-0.25, -0.2) is 0 Å². The van der Waals surface area contributed by atoms with E-state index in [0.717, 1.165) is 12.8 Å². The van der Waals surface area contributed by atoms with Crippen molar-refractivity contribution in [3.63, 3.8) is 0 Å². The first-order valence-corrected chi connectivity index (χ1v) is 7.71. The van der Waals surface area contributed by atoms with E-state index in [2.05, 4.69) is 15.9 Å². The molecular formula is C15H19BrO4. The molecule has 1 fully saturated rings. The molecule has 2 rings (SSSR count). The number of halogens is 1. The number of hydrogen-bond acceptors (Lipinski definition) is 4. The zero-order valence-corrected chi connectivity index (χ0v) is 13.4. The lowest BCUT2D eigenvalue weighted by Gasteiger charge is -2.15. The molecule has 1 saturated heterocycles. The van der Waals surface area contributed by atoms with Crippen LogP contribution in [-0.2, 0) is 4.74 Å². The molecule has 20 heavy (non-hydrogen) atoms. The third-order valence-corrected chi connectivity index (χ3v) is 3.78. The van der Waals surface area contributed by atoms with E-state index >= 15 is 0 Å². The number of hydrogen-bond donors (Lipinski definition) is 0. The van der Waals surface area contributed by atoms with Gasteiger partial charge in [-0.2, -0.15) is 0 Å². The van der Waals surface area contributed by atoms with E-state index in [0.29, 0.717) is 41.4 Å². The van der Waals surface area contributed by atoms with Gasteiger partial charge in [-0.3, -0.25) is 4.79 Å². The van der Waals surface area contributed by atoms with Gasteiger partial charge in [0.2, 0.25) is 0 Å². The minimum Gasteiger partial charge on any atom is -0.490 e. The zero-order chi connectivity index (χ0) is 14.5. The van der Waals surface area contributed by atoms with E-state index in [1.807, 2.05) is 13.8 Å². The van der Waals surface area contributed by atoms with Crippen LogP contribution in [0.1, 0.15) is 37.0 Å². The van der Waals surface area contributed by atoms with Gasteiger partial charge in [0.05, 0.1) is 13.2 Å². The number of carbonyl (C=O) groups is 1. The summed E-state index contributed by atoms with van der Waals surface area (Å²) in [5.41, 5.74) is 0.587. The number of rotatable bonds is 6. The first-order valence-electron chi connectivity index (χ1n) is 6.92. The largest absolute Gasteiger partial charge is 0.490 e. The van der Waals surface area contributed by atoms with Crippen LogP contribution in [0.25, 0.3) is 0 Å². The summed E-state index contributed by atoms with van der Waals surface area (Å²) in [6.45, 7) is 5.54. The fourth-order valence-electron chi connectivity index (χ4n) is 2.22. The predicted octanol–water partition coefficient (Wildman–Crippen LogP) is 3.61. The number of Topliss-reactive ketones (excluding diaryl/α,β-unsaturated/α-hetero) is 1. The van der Waals surface area contributed by atoms with E-state index in [1.165, 1.54) is 0 Å². The summed E-state index contributed by atoms with van der Waals surface area (Å²) in [5, 5.41) is 0. The summed E-state index contributed by atoms with van der Waals surface area (Å²) < 4.78 is 17.3. The van der Waals surface area contributed by atoms with Crippen molar-refractivity contribution < 1.29 is 19.0 Å². The minimum absolute atomic E-state index is 0.00150. The number of benzene rings is 1. The van der Waals surface area contributed by atoms with Crippen LogP contribution in [0.2, 0.25) is 0 Å². The molecule has 0 spiro atoms. The second-order valence-electron chi connectivity index (χ2n) is 4.51. The lowest BCUT2D eigenvalue weighted by atomic mass is 10.0. The highest BCUT2D eigenvalue weighted by atomic mass is 79.9. The highest BCUT2D eigenvalue weighted by Gasteiger charge is 2.27. The van der Waals surface area contributed by atoms with Crippen molar-refractivity contribution >= 4 is 21.7 Å². The smallest absolute Gasteiger partial charge is 0.192 e. The molecule has 4 nitrogen and oxygen atoms in total. The highest BCUT2D eigenvalue weighted by molar-refractivity contribution is 9.10. The van der Waals surface area contributed by atoms with Gasteiger partial charge < -0.3 is 14.2 Å². The molecule has 110 valence electrons. The highest BCUT2D eigenvalue weighted by Crippen LogP contribution is 2.35. The van der Waals surface area contributed by atoms with Crippen LogP contribution in [0.15, 0.2) is 16.6 Å². The standard InChI is InChI=1S/C15H19BrO4/c1-3-18-13-8-10(11(16)9-14(13)19-4-2)15(17)12-6-5-7-20-12/h8-9,12H,3-7H2,1-2H3. The molecule has 1 atom stereocenters. The molecule has 0 N–H and O–H groups in total. The summed E-state index contributed by atoms with van der Waals surface area (Å²) in [4.78, 5) is 12.4. The second kappa shape index (κ2) is 7.09. The lowest BCUT2D eigenvalue weighted by molar-refractivity contribution is 0.0641. The van der Waals surface area contributed by atoms with Gasteiger partial charge >= 0.3 is 0 Å². The van der Waals surface area contributed by atoms with Crippen LogP contribution in [-0.4, -0.2) is 31.7 Å². The maximum absolute atomic E-state index is 12.4. The second-order valence-corrected chi connectivity index (χ2v) is 5.37. The molecule has 0 aliphatic carbocycles. The van der Waals surface area contributed by atoms with E-state index < -0.39 is 0 Å².